The number of halogens is 3. The largest absolute Gasteiger partial charge is 0.466 e. The zero-order valence-electron chi connectivity index (χ0n) is 11.5. The fourth-order valence-electron chi connectivity index (χ4n) is 1.73. The van der Waals surface area contributed by atoms with E-state index in [1.54, 1.807) is 19.9 Å². The molecular formula is C14H18F3NO2. The van der Waals surface area contributed by atoms with Crippen LogP contribution in [-0.4, -0.2) is 19.1 Å². The maximum Gasteiger partial charge on any atom is 0.416 e. The van der Waals surface area contributed by atoms with Crippen LogP contribution in [0.2, 0.25) is 0 Å². The Balaban J connectivity index is 2.55. The van der Waals surface area contributed by atoms with Gasteiger partial charge < -0.3 is 10.1 Å². The first-order valence-electron chi connectivity index (χ1n) is 6.40. The summed E-state index contributed by atoms with van der Waals surface area (Å²) < 4.78 is 42.5. The Morgan fingerprint density at radius 2 is 2.10 bits per heavy atom. The van der Waals surface area contributed by atoms with Crippen LogP contribution < -0.4 is 5.32 Å². The van der Waals surface area contributed by atoms with Gasteiger partial charge in [0.25, 0.3) is 0 Å². The number of nitrogens with one attached hydrogen (secondary N) is 1. The van der Waals surface area contributed by atoms with Crippen molar-refractivity contribution in [3.63, 3.8) is 0 Å². The van der Waals surface area contributed by atoms with E-state index < -0.39 is 11.7 Å². The summed E-state index contributed by atoms with van der Waals surface area (Å²) in [5.41, 5.74) is -0.141. The molecule has 0 saturated heterocycles. The predicted octanol–water partition coefficient (Wildman–Crippen LogP) is 3.31. The number of hydrogen-bond acceptors (Lipinski definition) is 3. The third-order valence-corrected chi connectivity index (χ3v) is 2.80. The summed E-state index contributed by atoms with van der Waals surface area (Å²) in [5.74, 6) is -0.323. The van der Waals surface area contributed by atoms with Crippen molar-refractivity contribution in [3.05, 3.63) is 35.4 Å². The Kier molecular flexibility index (Phi) is 6.01. The average molecular weight is 289 g/mol. The number of esters is 1. The van der Waals surface area contributed by atoms with Crippen LogP contribution >= 0.6 is 0 Å². The maximum absolute atomic E-state index is 12.6. The second kappa shape index (κ2) is 7.28. The van der Waals surface area contributed by atoms with Gasteiger partial charge in [-0.25, -0.2) is 0 Å². The molecule has 0 aliphatic heterocycles. The molecule has 1 unspecified atom stereocenters. The van der Waals surface area contributed by atoms with Gasteiger partial charge in [0.15, 0.2) is 0 Å². The van der Waals surface area contributed by atoms with E-state index in [0.29, 0.717) is 18.7 Å². The van der Waals surface area contributed by atoms with Crippen molar-refractivity contribution in [1.29, 1.82) is 0 Å². The summed E-state index contributed by atoms with van der Waals surface area (Å²) in [6, 6.07) is 4.88. The smallest absolute Gasteiger partial charge is 0.416 e. The molecule has 0 aliphatic rings. The topological polar surface area (TPSA) is 38.3 Å². The molecule has 0 aliphatic carbocycles. The summed E-state index contributed by atoms with van der Waals surface area (Å²) in [6.07, 6.45) is -4.15. The van der Waals surface area contributed by atoms with Crippen LogP contribution in [0.15, 0.2) is 24.3 Å². The lowest BCUT2D eigenvalue weighted by Gasteiger charge is -2.16. The summed E-state index contributed by atoms with van der Waals surface area (Å²) in [7, 11) is 0. The highest BCUT2D eigenvalue weighted by Crippen LogP contribution is 2.30. The van der Waals surface area contributed by atoms with Crippen LogP contribution in [0.25, 0.3) is 0 Å². The first-order valence-corrected chi connectivity index (χ1v) is 6.40. The highest BCUT2D eigenvalue weighted by molar-refractivity contribution is 5.69. The lowest BCUT2D eigenvalue weighted by molar-refractivity contribution is -0.143. The van der Waals surface area contributed by atoms with Gasteiger partial charge >= 0.3 is 12.1 Å². The molecule has 1 rings (SSSR count). The SMILES string of the molecule is CCOC(=O)CCNC(C)c1cccc(C(F)(F)F)c1. The second-order valence-electron chi connectivity index (χ2n) is 4.35. The summed E-state index contributed by atoms with van der Waals surface area (Å²) in [6.45, 7) is 4.15. The number of carbonyl (C=O) groups excluding carboxylic acids is 1. The van der Waals surface area contributed by atoms with E-state index in [9.17, 15) is 18.0 Å². The van der Waals surface area contributed by atoms with Crippen LogP contribution in [0, 0.1) is 0 Å². The molecule has 0 radical (unpaired) electrons. The van der Waals surface area contributed by atoms with Crippen LogP contribution in [0.1, 0.15) is 37.4 Å². The lowest BCUT2D eigenvalue weighted by atomic mass is 10.0. The maximum atomic E-state index is 12.6. The first-order chi connectivity index (χ1) is 9.34. The lowest BCUT2D eigenvalue weighted by Crippen LogP contribution is -2.23. The van der Waals surface area contributed by atoms with Crippen LogP contribution in [0.3, 0.4) is 0 Å². The second-order valence-corrected chi connectivity index (χ2v) is 4.35. The molecule has 0 heterocycles. The minimum absolute atomic E-state index is 0.192. The molecule has 0 aromatic heterocycles. The zero-order valence-corrected chi connectivity index (χ0v) is 11.5. The van der Waals surface area contributed by atoms with Gasteiger partial charge in [-0.15, -0.1) is 0 Å². The normalized spacial score (nSPS) is 13.1. The third-order valence-electron chi connectivity index (χ3n) is 2.80. The number of ether oxygens (including phenoxy) is 1. The molecule has 6 heteroatoms. The molecule has 20 heavy (non-hydrogen) atoms. The molecule has 0 saturated carbocycles. The van der Waals surface area contributed by atoms with E-state index in [4.69, 9.17) is 4.74 Å². The number of hydrogen-bond donors (Lipinski definition) is 1. The predicted molar refractivity (Wildman–Crippen MR) is 69.1 cm³/mol. The van der Waals surface area contributed by atoms with Gasteiger partial charge in [0.2, 0.25) is 0 Å². The van der Waals surface area contributed by atoms with Crippen LogP contribution in [0.5, 0.6) is 0 Å². The van der Waals surface area contributed by atoms with E-state index >= 15 is 0 Å². The molecule has 1 atom stereocenters. The van der Waals surface area contributed by atoms with Gasteiger partial charge in [-0.1, -0.05) is 12.1 Å². The minimum atomic E-state index is -4.35. The Hall–Kier alpha value is -1.56. The Morgan fingerprint density at radius 3 is 2.70 bits per heavy atom. The van der Waals surface area contributed by atoms with Gasteiger partial charge in [0.1, 0.15) is 0 Å². The third kappa shape index (κ3) is 5.21. The Bertz CT molecular complexity index is 446. The van der Waals surface area contributed by atoms with Gasteiger partial charge in [-0.3, -0.25) is 4.79 Å². The molecule has 3 nitrogen and oxygen atoms in total. The van der Waals surface area contributed by atoms with Gasteiger partial charge in [-0.2, -0.15) is 13.2 Å². The molecular weight excluding hydrogens is 271 g/mol. The molecule has 112 valence electrons. The van der Waals surface area contributed by atoms with Crippen molar-refractivity contribution in [2.45, 2.75) is 32.5 Å². The van der Waals surface area contributed by atoms with Gasteiger partial charge in [-0.05, 0) is 31.5 Å². The molecule has 1 N–H and O–H groups in total. The molecule has 0 amide bonds. The van der Waals surface area contributed by atoms with Crippen molar-refractivity contribution in [2.24, 2.45) is 0 Å². The Labute approximate surface area is 116 Å². The molecule has 1 aromatic rings. The fraction of sp³-hybridized carbons (Fsp3) is 0.500. The average Bonchev–Trinajstić information content (AvgIpc) is 2.38. The van der Waals surface area contributed by atoms with Crippen molar-refractivity contribution in [3.8, 4) is 0 Å². The summed E-state index contributed by atoms with van der Waals surface area (Å²) in [4.78, 5) is 11.1. The number of benzene rings is 1. The molecule has 0 spiro atoms. The standard InChI is InChI=1S/C14H18F3NO2/c1-3-20-13(19)7-8-18-10(2)11-5-4-6-12(9-11)14(15,16)17/h4-6,9-10,18H,3,7-8H2,1-2H3. The van der Waals surface area contributed by atoms with E-state index in [1.807, 2.05) is 0 Å². The highest BCUT2D eigenvalue weighted by Gasteiger charge is 2.30. The van der Waals surface area contributed by atoms with Crippen molar-refractivity contribution < 1.29 is 22.7 Å². The minimum Gasteiger partial charge on any atom is -0.466 e. The highest BCUT2D eigenvalue weighted by atomic mass is 19.4. The Morgan fingerprint density at radius 1 is 1.40 bits per heavy atom. The monoisotopic (exact) mass is 289 g/mol. The van der Waals surface area contributed by atoms with Crippen LogP contribution in [0.4, 0.5) is 13.2 Å². The quantitative estimate of drug-likeness (QED) is 0.817. The molecule has 0 bridgehead atoms. The number of alkyl halides is 3. The van der Waals surface area contributed by atoms with Gasteiger partial charge in [0, 0.05) is 12.6 Å². The van der Waals surface area contributed by atoms with E-state index in [2.05, 4.69) is 5.32 Å². The van der Waals surface area contributed by atoms with Crippen LogP contribution in [-0.2, 0) is 15.7 Å². The first kappa shape index (κ1) is 16.5. The van der Waals surface area contributed by atoms with Gasteiger partial charge in [0.05, 0.1) is 18.6 Å². The van der Waals surface area contributed by atoms with E-state index in [0.717, 1.165) is 12.1 Å². The van der Waals surface area contributed by atoms with E-state index in [1.165, 1.54) is 6.07 Å². The van der Waals surface area contributed by atoms with E-state index in [-0.39, 0.29) is 18.4 Å². The van der Waals surface area contributed by atoms with Crippen molar-refractivity contribution in [2.75, 3.05) is 13.2 Å². The number of carbonyl (C=O) groups is 1. The summed E-state index contributed by atoms with van der Waals surface area (Å²) >= 11 is 0. The van der Waals surface area contributed by atoms with Crippen molar-refractivity contribution in [1.82, 2.24) is 5.32 Å². The molecule has 0 fully saturated rings. The number of rotatable bonds is 6. The van der Waals surface area contributed by atoms with Crippen molar-refractivity contribution >= 4 is 5.97 Å². The fourth-order valence-corrected chi connectivity index (χ4v) is 1.73. The molecule has 1 aromatic carbocycles. The zero-order chi connectivity index (χ0) is 15.2. The summed E-state index contributed by atoms with van der Waals surface area (Å²) in [5, 5.41) is 3.00.